The standard InChI is InChI=1S/C17H24N6O/c1-2-15-19-7-9-23(15)12-4-3-8-22(11-12)17(24)16-13-10-18-6-5-14(13)20-21-16/h7,9,12,18H,2-6,8,10-11H2,1H3,(H,20,21). The molecule has 1 fully saturated rings. The van der Waals surface area contributed by atoms with E-state index in [2.05, 4.69) is 32.0 Å². The minimum Gasteiger partial charge on any atom is -0.335 e. The van der Waals surface area contributed by atoms with E-state index < -0.39 is 0 Å². The first-order valence-electron chi connectivity index (χ1n) is 8.85. The number of hydrogen-bond donors (Lipinski definition) is 2. The zero-order valence-corrected chi connectivity index (χ0v) is 14.1. The Morgan fingerprint density at radius 3 is 3.25 bits per heavy atom. The lowest BCUT2D eigenvalue weighted by molar-refractivity contribution is 0.0670. The van der Waals surface area contributed by atoms with Crippen LogP contribution in [0.3, 0.4) is 0 Å². The number of hydrogen-bond acceptors (Lipinski definition) is 4. The lowest BCUT2D eigenvalue weighted by atomic mass is 10.0. The van der Waals surface area contributed by atoms with Gasteiger partial charge in [-0.1, -0.05) is 6.92 Å². The molecule has 0 spiro atoms. The Hall–Kier alpha value is -2.15. The molecule has 2 aliphatic heterocycles. The molecule has 4 heterocycles. The minimum atomic E-state index is 0.0547. The second-order valence-corrected chi connectivity index (χ2v) is 6.61. The first-order valence-corrected chi connectivity index (χ1v) is 8.85. The molecule has 4 rings (SSSR count). The van der Waals surface area contributed by atoms with Crippen molar-refractivity contribution in [2.75, 3.05) is 19.6 Å². The molecule has 128 valence electrons. The SMILES string of the molecule is CCc1nccn1C1CCCN(C(=O)c2n[nH]c3c2CNCC3)C1. The number of imidazole rings is 1. The molecule has 2 aliphatic rings. The number of aromatic nitrogens is 4. The average Bonchev–Trinajstić information content (AvgIpc) is 3.28. The van der Waals surface area contributed by atoms with E-state index in [1.165, 1.54) is 0 Å². The molecule has 7 nitrogen and oxygen atoms in total. The van der Waals surface area contributed by atoms with Gasteiger partial charge in [-0.3, -0.25) is 9.89 Å². The number of H-pyrrole nitrogens is 1. The molecular formula is C17H24N6O. The maximum absolute atomic E-state index is 13.0. The van der Waals surface area contributed by atoms with Crippen LogP contribution in [0.2, 0.25) is 0 Å². The van der Waals surface area contributed by atoms with Gasteiger partial charge in [-0.15, -0.1) is 0 Å². The molecule has 1 atom stereocenters. The summed E-state index contributed by atoms with van der Waals surface area (Å²) in [6.07, 6.45) is 7.83. The Labute approximate surface area is 141 Å². The predicted molar refractivity (Wildman–Crippen MR) is 89.8 cm³/mol. The van der Waals surface area contributed by atoms with Gasteiger partial charge in [0.25, 0.3) is 5.91 Å². The Morgan fingerprint density at radius 1 is 1.46 bits per heavy atom. The zero-order chi connectivity index (χ0) is 16.5. The van der Waals surface area contributed by atoms with Crippen molar-refractivity contribution in [2.45, 2.75) is 45.2 Å². The van der Waals surface area contributed by atoms with Gasteiger partial charge >= 0.3 is 0 Å². The molecule has 0 bridgehead atoms. The van der Waals surface area contributed by atoms with Gasteiger partial charge in [-0.25, -0.2) is 4.98 Å². The first-order chi connectivity index (χ1) is 11.8. The van der Waals surface area contributed by atoms with Crippen molar-refractivity contribution in [1.29, 1.82) is 0 Å². The van der Waals surface area contributed by atoms with Gasteiger partial charge in [0.05, 0.1) is 6.04 Å². The molecule has 1 unspecified atom stereocenters. The number of amides is 1. The summed E-state index contributed by atoms with van der Waals surface area (Å²) in [5, 5.41) is 10.7. The third-order valence-electron chi connectivity index (χ3n) is 5.15. The van der Waals surface area contributed by atoms with Crippen molar-refractivity contribution in [3.8, 4) is 0 Å². The van der Waals surface area contributed by atoms with Crippen LogP contribution in [0, 0.1) is 0 Å². The van der Waals surface area contributed by atoms with E-state index in [9.17, 15) is 4.79 Å². The average molecular weight is 328 g/mol. The van der Waals surface area contributed by atoms with Crippen LogP contribution in [0.25, 0.3) is 0 Å². The molecule has 0 saturated carbocycles. The monoisotopic (exact) mass is 328 g/mol. The van der Waals surface area contributed by atoms with Crippen LogP contribution < -0.4 is 5.32 Å². The van der Waals surface area contributed by atoms with Gasteiger partial charge in [-0.2, -0.15) is 5.10 Å². The highest BCUT2D eigenvalue weighted by atomic mass is 16.2. The van der Waals surface area contributed by atoms with E-state index in [1.54, 1.807) is 0 Å². The zero-order valence-electron chi connectivity index (χ0n) is 14.1. The maximum atomic E-state index is 13.0. The summed E-state index contributed by atoms with van der Waals surface area (Å²) in [7, 11) is 0. The van der Waals surface area contributed by atoms with Crippen LogP contribution in [0.15, 0.2) is 12.4 Å². The molecule has 2 aromatic rings. The van der Waals surface area contributed by atoms with Crippen LogP contribution in [0.4, 0.5) is 0 Å². The molecule has 0 radical (unpaired) electrons. The van der Waals surface area contributed by atoms with Crippen molar-refractivity contribution in [3.05, 3.63) is 35.2 Å². The summed E-state index contributed by atoms with van der Waals surface area (Å²) in [4.78, 5) is 19.4. The highest BCUT2D eigenvalue weighted by Gasteiger charge is 2.30. The lowest BCUT2D eigenvalue weighted by Crippen LogP contribution is -2.41. The Kier molecular flexibility index (Phi) is 4.10. The van der Waals surface area contributed by atoms with Crippen LogP contribution in [0.1, 0.15) is 53.4 Å². The van der Waals surface area contributed by atoms with Crippen LogP contribution in [-0.2, 0) is 19.4 Å². The van der Waals surface area contributed by atoms with E-state index in [4.69, 9.17) is 0 Å². The number of aryl methyl sites for hydroxylation is 1. The van der Waals surface area contributed by atoms with Gasteiger partial charge in [0.2, 0.25) is 0 Å². The molecule has 2 aromatic heterocycles. The van der Waals surface area contributed by atoms with E-state index in [0.717, 1.165) is 68.9 Å². The summed E-state index contributed by atoms with van der Waals surface area (Å²) in [5.74, 6) is 1.15. The van der Waals surface area contributed by atoms with E-state index in [-0.39, 0.29) is 5.91 Å². The lowest BCUT2D eigenvalue weighted by Gasteiger charge is -2.34. The highest BCUT2D eigenvalue weighted by Crippen LogP contribution is 2.25. The summed E-state index contributed by atoms with van der Waals surface area (Å²) in [6.45, 7) is 5.33. The van der Waals surface area contributed by atoms with Gasteiger partial charge < -0.3 is 14.8 Å². The fourth-order valence-electron chi connectivity index (χ4n) is 3.87. The number of likely N-dealkylation sites (tertiary alicyclic amines) is 1. The normalized spacial score (nSPS) is 20.9. The number of nitrogens with one attached hydrogen (secondary N) is 2. The number of carbonyl (C=O) groups excluding carboxylic acids is 1. The largest absolute Gasteiger partial charge is 0.335 e. The quantitative estimate of drug-likeness (QED) is 0.890. The third kappa shape index (κ3) is 2.62. The van der Waals surface area contributed by atoms with Gasteiger partial charge in [0, 0.05) is 62.7 Å². The number of fused-ring (bicyclic) bond motifs is 1. The van der Waals surface area contributed by atoms with Gasteiger partial charge in [-0.05, 0) is 12.8 Å². The predicted octanol–water partition coefficient (Wildman–Crippen LogP) is 1.29. The fraction of sp³-hybridized carbons (Fsp3) is 0.588. The Morgan fingerprint density at radius 2 is 2.38 bits per heavy atom. The van der Waals surface area contributed by atoms with E-state index in [1.807, 2.05) is 17.3 Å². The number of nitrogens with zero attached hydrogens (tertiary/aromatic N) is 4. The second-order valence-electron chi connectivity index (χ2n) is 6.61. The number of aromatic amines is 1. The van der Waals surface area contributed by atoms with Crippen molar-refractivity contribution >= 4 is 5.91 Å². The van der Waals surface area contributed by atoms with Gasteiger partial charge in [0.1, 0.15) is 5.82 Å². The summed E-state index contributed by atoms with van der Waals surface area (Å²) < 4.78 is 2.24. The first kappa shape index (κ1) is 15.4. The molecule has 24 heavy (non-hydrogen) atoms. The molecule has 1 saturated heterocycles. The number of carbonyl (C=O) groups is 1. The number of rotatable bonds is 3. The Balaban J connectivity index is 1.54. The summed E-state index contributed by atoms with van der Waals surface area (Å²) in [6, 6.07) is 0.313. The highest BCUT2D eigenvalue weighted by molar-refractivity contribution is 5.94. The molecular weight excluding hydrogens is 304 g/mol. The van der Waals surface area contributed by atoms with Crippen molar-refractivity contribution in [1.82, 2.24) is 30.0 Å². The van der Waals surface area contributed by atoms with Crippen molar-refractivity contribution in [3.63, 3.8) is 0 Å². The topological polar surface area (TPSA) is 78.8 Å². The smallest absolute Gasteiger partial charge is 0.274 e. The van der Waals surface area contributed by atoms with Crippen molar-refractivity contribution < 1.29 is 4.79 Å². The van der Waals surface area contributed by atoms with Crippen molar-refractivity contribution in [2.24, 2.45) is 0 Å². The molecule has 1 amide bonds. The van der Waals surface area contributed by atoms with Crippen LogP contribution in [0.5, 0.6) is 0 Å². The fourth-order valence-corrected chi connectivity index (χ4v) is 3.87. The van der Waals surface area contributed by atoms with Crippen LogP contribution >= 0.6 is 0 Å². The Bertz CT molecular complexity index is 733. The summed E-state index contributed by atoms with van der Waals surface area (Å²) >= 11 is 0. The molecule has 7 heteroatoms. The van der Waals surface area contributed by atoms with Gasteiger partial charge in [0.15, 0.2) is 5.69 Å². The van der Waals surface area contributed by atoms with E-state index in [0.29, 0.717) is 11.7 Å². The second kappa shape index (κ2) is 6.39. The van der Waals surface area contributed by atoms with Crippen LogP contribution in [-0.4, -0.2) is 50.2 Å². The molecule has 2 N–H and O–H groups in total. The molecule has 0 aromatic carbocycles. The maximum Gasteiger partial charge on any atom is 0.274 e. The number of piperidine rings is 1. The summed E-state index contributed by atoms with van der Waals surface area (Å²) in [5.41, 5.74) is 2.75. The van der Waals surface area contributed by atoms with E-state index >= 15 is 0 Å². The molecule has 0 aliphatic carbocycles. The minimum absolute atomic E-state index is 0.0547. The third-order valence-corrected chi connectivity index (χ3v) is 5.15.